The van der Waals surface area contributed by atoms with Gasteiger partial charge in [0.1, 0.15) is 0 Å². The van der Waals surface area contributed by atoms with Crippen LogP contribution in [0.5, 0.6) is 0 Å². The van der Waals surface area contributed by atoms with Crippen molar-refractivity contribution < 1.29 is 5.11 Å². The molecule has 1 N–H and O–H groups in total. The summed E-state index contributed by atoms with van der Waals surface area (Å²) in [4.78, 5) is 0. The Labute approximate surface area is 67.7 Å². The van der Waals surface area contributed by atoms with Crippen LogP contribution in [0.4, 0.5) is 0 Å². The fourth-order valence-corrected chi connectivity index (χ4v) is 1.07. The third-order valence-electron chi connectivity index (χ3n) is 1.29. The van der Waals surface area contributed by atoms with Gasteiger partial charge < -0.3 is 5.11 Å². The molecule has 0 aromatic heterocycles. The molecule has 0 amide bonds. The van der Waals surface area contributed by atoms with E-state index in [4.69, 9.17) is 5.11 Å². The largest absolute Gasteiger partial charge is 0.396 e. The summed E-state index contributed by atoms with van der Waals surface area (Å²) in [5.74, 6) is 0. The van der Waals surface area contributed by atoms with Crippen LogP contribution in [0, 0.1) is 0 Å². The van der Waals surface area contributed by atoms with Gasteiger partial charge >= 0.3 is 0 Å². The molecule has 0 saturated heterocycles. The van der Waals surface area contributed by atoms with Gasteiger partial charge in [0, 0.05) is 17.1 Å². The summed E-state index contributed by atoms with van der Waals surface area (Å²) < 4.78 is 0. The molecule has 0 fully saturated rings. The van der Waals surface area contributed by atoms with Crippen molar-refractivity contribution >= 4 is 25.3 Å². The molecule has 0 heterocycles. The van der Waals surface area contributed by atoms with Gasteiger partial charge in [0.05, 0.1) is 0 Å². The number of aliphatic hydroxyl groups is 1. The monoisotopic (exact) mass is 166 g/mol. The molecule has 0 bridgehead atoms. The zero-order chi connectivity index (χ0) is 7.28. The Morgan fingerprint density at radius 3 is 2.22 bits per heavy atom. The van der Waals surface area contributed by atoms with Gasteiger partial charge in [-0.15, -0.1) is 0 Å². The first-order valence-electron chi connectivity index (χ1n) is 3.19. The maximum atomic E-state index is 8.50. The minimum Gasteiger partial charge on any atom is -0.396 e. The van der Waals surface area contributed by atoms with Gasteiger partial charge in [0.25, 0.3) is 0 Å². The Morgan fingerprint density at radius 2 is 1.89 bits per heavy atom. The lowest BCUT2D eigenvalue weighted by Gasteiger charge is -2.14. The van der Waals surface area contributed by atoms with Crippen LogP contribution in [0.25, 0.3) is 0 Å². The molecule has 2 atom stereocenters. The molecule has 0 saturated carbocycles. The molecule has 0 aliphatic carbocycles. The standard InChI is InChI=1S/C6H14OS2/c1-2-5(8)6(9)3-4-7/h5-9H,2-4H2,1H3. The molecular weight excluding hydrogens is 152 g/mol. The van der Waals surface area contributed by atoms with Crippen LogP contribution < -0.4 is 0 Å². The highest BCUT2D eigenvalue weighted by Gasteiger charge is 2.09. The molecule has 1 nitrogen and oxygen atoms in total. The maximum absolute atomic E-state index is 8.50. The van der Waals surface area contributed by atoms with E-state index in [1.54, 1.807) is 0 Å². The molecule has 2 unspecified atom stereocenters. The smallest absolute Gasteiger partial charge is 0.0441 e. The number of hydrogen-bond donors (Lipinski definition) is 3. The van der Waals surface area contributed by atoms with Crippen molar-refractivity contribution in [3.05, 3.63) is 0 Å². The van der Waals surface area contributed by atoms with Gasteiger partial charge in [0.15, 0.2) is 0 Å². The molecule has 0 radical (unpaired) electrons. The fraction of sp³-hybridized carbons (Fsp3) is 1.00. The summed E-state index contributed by atoms with van der Waals surface area (Å²) >= 11 is 8.52. The van der Waals surface area contributed by atoms with Crippen molar-refractivity contribution in [1.29, 1.82) is 0 Å². The highest BCUT2D eigenvalue weighted by atomic mass is 32.1. The van der Waals surface area contributed by atoms with Gasteiger partial charge in [-0.3, -0.25) is 0 Å². The predicted molar refractivity (Wildman–Crippen MR) is 47.5 cm³/mol. The molecule has 0 aliphatic rings. The van der Waals surface area contributed by atoms with Crippen LogP contribution in [0.3, 0.4) is 0 Å². The second-order valence-electron chi connectivity index (χ2n) is 2.06. The van der Waals surface area contributed by atoms with Gasteiger partial charge in [-0.2, -0.15) is 25.3 Å². The lowest BCUT2D eigenvalue weighted by atomic mass is 10.2. The summed E-state index contributed by atoms with van der Waals surface area (Å²) in [7, 11) is 0. The Morgan fingerprint density at radius 1 is 1.33 bits per heavy atom. The highest BCUT2D eigenvalue weighted by molar-refractivity contribution is 7.85. The van der Waals surface area contributed by atoms with Crippen LogP contribution in [-0.4, -0.2) is 22.2 Å². The first-order valence-corrected chi connectivity index (χ1v) is 4.22. The number of hydrogen-bond acceptors (Lipinski definition) is 3. The first kappa shape index (κ1) is 9.66. The van der Waals surface area contributed by atoms with Crippen molar-refractivity contribution in [3.63, 3.8) is 0 Å². The van der Waals surface area contributed by atoms with Crippen molar-refractivity contribution in [2.24, 2.45) is 0 Å². The zero-order valence-corrected chi connectivity index (χ0v) is 7.41. The summed E-state index contributed by atoms with van der Waals surface area (Å²) in [5, 5.41) is 9.06. The van der Waals surface area contributed by atoms with E-state index < -0.39 is 0 Å². The molecular formula is C6H14OS2. The predicted octanol–water partition coefficient (Wildman–Crippen LogP) is 1.38. The van der Waals surface area contributed by atoms with E-state index in [1.807, 2.05) is 0 Å². The van der Waals surface area contributed by atoms with Crippen molar-refractivity contribution in [2.75, 3.05) is 6.61 Å². The normalized spacial score (nSPS) is 17.3. The fourth-order valence-electron chi connectivity index (χ4n) is 0.597. The van der Waals surface area contributed by atoms with Gasteiger partial charge in [0.2, 0.25) is 0 Å². The lowest BCUT2D eigenvalue weighted by Crippen LogP contribution is -2.15. The van der Waals surface area contributed by atoms with Crippen LogP contribution in [0.2, 0.25) is 0 Å². The SMILES string of the molecule is CCC(S)C(S)CCO. The first-order chi connectivity index (χ1) is 4.22. The van der Waals surface area contributed by atoms with E-state index >= 15 is 0 Å². The minimum absolute atomic E-state index is 0.214. The van der Waals surface area contributed by atoms with Gasteiger partial charge in [-0.1, -0.05) is 6.92 Å². The van der Waals surface area contributed by atoms with E-state index in [0.717, 1.165) is 12.8 Å². The molecule has 56 valence electrons. The summed E-state index contributed by atoms with van der Waals surface area (Å²) in [6.45, 7) is 2.28. The summed E-state index contributed by atoms with van der Waals surface area (Å²) in [6.07, 6.45) is 1.75. The maximum Gasteiger partial charge on any atom is 0.0441 e. The molecule has 9 heavy (non-hydrogen) atoms. The topological polar surface area (TPSA) is 20.2 Å². The third kappa shape index (κ3) is 4.12. The molecule has 0 rings (SSSR count). The molecule has 3 heteroatoms. The average molecular weight is 166 g/mol. The Balaban J connectivity index is 3.32. The van der Waals surface area contributed by atoms with Gasteiger partial charge in [-0.25, -0.2) is 0 Å². The Bertz CT molecular complexity index is 68.1. The Kier molecular flexibility index (Phi) is 5.84. The minimum atomic E-state index is 0.214. The summed E-state index contributed by atoms with van der Waals surface area (Å²) in [6, 6.07) is 0. The van der Waals surface area contributed by atoms with Crippen LogP contribution >= 0.6 is 25.3 Å². The third-order valence-corrected chi connectivity index (χ3v) is 2.87. The van der Waals surface area contributed by atoms with E-state index in [9.17, 15) is 0 Å². The van der Waals surface area contributed by atoms with Crippen LogP contribution in [0.15, 0.2) is 0 Å². The average Bonchev–Trinajstić information content (AvgIpc) is 1.87. The van der Waals surface area contributed by atoms with E-state index in [-0.39, 0.29) is 11.9 Å². The summed E-state index contributed by atoms with van der Waals surface area (Å²) in [5.41, 5.74) is 0. The van der Waals surface area contributed by atoms with E-state index in [2.05, 4.69) is 32.2 Å². The number of thiol groups is 2. The molecule has 0 spiro atoms. The molecule has 0 aromatic carbocycles. The second kappa shape index (κ2) is 5.45. The van der Waals surface area contributed by atoms with Crippen LogP contribution in [0.1, 0.15) is 19.8 Å². The highest BCUT2D eigenvalue weighted by Crippen LogP contribution is 2.14. The molecule has 0 aliphatic heterocycles. The van der Waals surface area contributed by atoms with Crippen LogP contribution in [-0.2, 0) is 0 Å². The number of aliphatic hydroxyl groups excluding tert-OH is 1. The zero-order valence-electron chi connectivity index (χ0n) is 5.62. The number of rotatable bonds is 4. The molecule has 0 aromatic rings. The van der Waals surface area contributed by atoms with Crippen molar-refractivity contribution in [2.45, 2.75) is 30.3 Å². The van der Waals surface area contributed by atoms with Gasteiger partial charge in [-0.05, 0) is 12.8 Å². The second-order valence-corrected chi connectivity index (χ2v) is 3.38. The quantitative estimate of drug-likeness (QED) is 0.539. The lowest BCUT2D eigenvalue weighted by molar-refractivity contribution is 0.286. The van der Waals surface area contributed by atoms with Crippen molar-refractivity contribution in [3.8, 4) is 0 Å². The van der Waals surface area contributed by atoms with E-state index in [0.29, 0.717) is 5.25 Å². The van der Waals surface area contributed by atoms with E-state index in [1.165, 1.54) is 0 Å². The Hall–Kier alpha value is 0.660. The van der Waals surface area contributed by atoms with Crippen molar-refractivity contribution in [1.82, 2.24) is 0 Å².